The Hall–Kier alpha value is -3.32. The number of carbonyl (C=O) groups is 1. The van der Waals surface area contributed by atoms with Gasteiger partial charge in [0.1, 0.15) is 5.75 Å². The SMILES string of the molecule is COc1ccc2nc(C)c(C(=O)Nc3nc(C)c(-c4ccccn4)s3)cc2c1. The highest BCUT2D eigenvalue weighted by Gasteiger charge is 2.16. The molecule has 1 N–H and O–H groups in total. The molecule has 140 valence electrons. The predicted molar refractivity (Wildman–Crippen MR) is 111 cm³/mol. The molecule has 0 atom stereocenters. The van der Waals surface area contributed by atoms with E-state index in [9.17, 15) is 4.79 Å². The van der Waals surface area contributed by atoms with E-state index in [0.717, 1.165) is 32.9 Å². The number of rotatable bonds is 4. The fraction of sp³-hybridized carbons (Fsp3) is 0.143. The highest BCUT2D eigenvalue weighted by atomic mass is 32.1. The Kier molecular flexibility index (Phi) is 4.75. The van der Waals surface area contributed by atoms with Crippen LogP contribution in [0.1, 0.15) is 21.7 Å². The molecule has 3 aromatic heterocycles. The van der Waals surface area contributed by atoms with E-state index in [-0.39, 0.29) is 5.91 Å². The molecule has 4 rings (SSSR count). The van der Waals surface area contributed by atoms with Gasteiger partial charge in [0.25, 0.3) is 5.91 Å². The zero-order valence-electron chi connectivity index (χ0n) is 15.7. The van der Waals surface area contributed by atoms with E-state index in [1.807, 2.05) is 56.3 Å². The molecule has 0 fully saturated rings. The van der Waals surface area contributed by atoms with E-state index < -0.39 is 0 Å². The number of hydrogen-bond donors (Lipinski definition) is 1. The number of carbonyl (C=O) groups excluding carboxylic acids is 1. The molecule has 0 radical (unpaired) electrons. The Morgan fingerprint density at radius 3 is 2.68 bits per heavy atom. The van der Waals surface area contributed by atoms with Crippen molar-refractivity contribution in [3.8, 4) is 16.3 Å². The van der Waals surface area contributed by atoms with Gasteiger partial charge in [-0.1, -0.05) is 17.4 Å². The highest BCUT2D eigenvalue weighted by Crippen LogP contribution is 2.31. The molecule has 0 unspecified atom stereocenters. The summed E-state index contributed by atoms with van der Waals surface area (Å²) in [4.78, 5) is 27.2. The summed E-state index contributed by atoms with van der Waals surface area (Å²) in [6.07, 6.45) is 1.74. The number of methoxy groups -OCH3 is 1. The second kappa shape index (κ2) is 7.36. The van der Waals surface area contributed by atoms with Crippen LogP contribution in [-0.2, 0) is 0 Å². The van der Waals surface area contributed by atoms with Crippen LogP contribution in [0.2, 0.25) is 0 Å². The lowest BCUT2D eigenvalue weighted by molar-refractivity contribution is 0.102. The van der Waals surface area contributed by atoms with Crippen molar-refractivity contribution in [2.24, 2.45) is 0 Å². The summed E-state index contributed by atoms with van der Waals surface area (Å²) in [6, 6.07) is 13.2. The standard InChI is InChI=1S/C21H18N4O2S/c1-12-16(11-14-10-15(27-3)7-8-17(14)23-12)20(26)25-21-24-13(2)19(28-21)18-6-4-5-9-22-18/h4-11H,1-3H3,(H,24,25,26). The quantitative estimate of drug-likeness (QED) is 0.550. The molecule has 0 aliphatic carbocycles. The van der Waals surface area contributed by atoms with Gasteiger partial charge in [-0.05, 0) is 50.2 Å². The molecule has 28 heavy (non-hydrogen) atoms. The highest BCUT2D eigenvalue weighted by molar-refractivity contribution is 7.19. The first-order valence-electron chi connectivity index (χ1n) is 8.71. The van der Waals surface area contributed by atoms with Crippen molar-refractivity contribution in [2.45, 2.75) is 13.8 Å². The largest absolute Gasteiger partial charge is 0.497 e. The number of amides is 1. The topological polar surface area (TPSA) is 77.0 Å². The third-order valence-corrected chi connectivity index (χ3v) is 5.47. The summed E-state index contributed by atoms with van der Waals surface area (Å²) in [5.74, 6) is 0.483. The van der Waals surface area contributed by atoms with Crippen LogP contribution in [0.25, 0.3) is 21.5 Å². The van der Waals surface area contributed by atoms with Gasteiger partial charge in [0.15, 0.2) is 5.13 Å². The van der Waals surface area contributed by atoms with Gasteiger partial charge in [-0.2, -0.15) is 0 Å². The number of nitrogens with zero attached hydrogens (tertiary/aromatic N) is 3. The minimum atomic E-state index is -0.240. The minimum Gasteiger partial charge on any atom is -0.497 e. The zero-order chi connectivity index (χ0) is 19.7. The number of fused-ring (bicyclic) bond motifs is 1. The van der Waals surface area contributed by atoms with E-state index in [4.69, 9.17) is 4.74 Å². The molecule has 1 amide bonds. The van der Waals surface area contributed by atoms with Gasteiger partial charge in [-0.15, -0.1) is 0 Å². The average molecular weight is 390 g/mol. The van der Waals surface area contributed by atoms with E-state index >= 15 is 0 Å². The van der Waals surface area contributed by atoms with Crippen LogP contribution in [0.4, 0.5) is 5.13 Å². The van der Waals surface area contributed by atoms with E-state index in [1.165, 1.54) is 11.3 Å². The lowest BCUT2D eigenvalue weighted by Crippen LogP contribution is -2.14. The molecule has 0 aliphatic heterocycles. The third-order valence-electron chi connectivity index (χ3n) is 4.37. The van der Waals surface area contributed by atoms with Gasteiger partial charge in [-0.25, -0.2) is 4.98 Å². The number of pyridine rings is 2. The maximum Gasteiger partial charge on any atom is 0.259 e. The van der Waals surface area contributed by atoms with Crippen molar-refractivity contribution in [1.82, 2.24) is 15.0 Å². The van der Waals surface area contributed by atoms with Crippen LogP contribution >= 0.6 is 11.3 Å². The molecular formula is C21H18N4O2S. The Balaban J connectivity index is 1.64. The summed E-state index contributed by atoms with van der Waals surface area (Å²) in [7, 11) is 1.61. The van der Waals surface area contributed by atoms with E-state index in [0.29, 0.717) is 16.4 Å². The number of hydrogen-bond acceptors (Lipinski definition) is 6. The fourth-order valence-electron chi connectivity index (χ4n) is 2.96. The lowest BCUT2D eigenvalue weighted by atomic mass is 10.1. The van der Waals surface area contributed by atoms with Crippen LogP contribution < -0.4 is 10.1 Å². The van der Waals surface area contributed by atoms with Gasteiger partial charge in [0, 0.05) is 11.6 Å². The van der Waals surface area contributed by atoms with Crippen molar-refractivity contribution in [3.63, 3.8) is 0 Å². The molecular weight excluding hydrogens is 372 g/mol. The first-order valence-corrected chi connectivity index (χ1v) is 9.52. The van der Waals surface area contributed by atoms with Crippen molar-refractivity contribution < 1.29 is 9.53 Å². The van der Waals surface area contributed by atoms with Gasteiger partial charge in [0.05, 0.1) is 40.1 Å². The smallest absolute Gasteiger partial charge is 0.259 e. The Labute approximate surface area is 166 Å². The minimum absolute atomic E-state index is 0.240. The molecule has 0 saturated carbocycles. The van der Waals surface area contributed by atoms with Gasteiger partial charge in [-0.3, -0.25) is 20.1 Å². The summed E-state index contributed by atoms with van der Waals surface area (Å²) in [6.45, 7) is 3.73. The van der Waals surface area contributed by atoms with E-state index in [1.54, 1.807) is 13.3 Å². The van der Waals surface area contributed by atoms with Gasteiger partial charge >= 0.3 is 0 Å². The number of nitrogens with one attached hydrogen (secondary N) is 1. The van der Waals surface area contributed by atoms with Crippen LogP contribution in [0.15, 0.2) is 48.7 Å². The van der Waals surface area contributed by atoms with Crippen molar-refractivity contribution in [2.75, 3.05) is 12.4 Å². The first-order chi connectivity index (χ1) is 13.5. The molecule has 0 bridgehead atoms. The number of ether oxygens (including phenoxy) is 1. The summed E-state index contributed by atoms with van der Waals surface area (Å²) < 4.78 is 5.26. The maximum atomic E-state index is 12.9. The molecule has 4 aromatic rings. The summed E-state index contributed by atoms with van der Waals surface area (Å²) in [5.41, 5.74) is 3.66. The van der Waals surface area contributed by atoms with Crippen LogP contribution in [0.5, 0.6) is 5.75 Å². The van der Waals surface area contributed by atoms with Gasteiger partial charge < -0.3 is 4.74 Å². The molecule has 3 heterocycles. The maximum absolute atomic E-state index is 12.9. The average Bonchev–Trinajstić information content (AvgIpc) is 3.07. The third kappa shape index (κ3) is 3.44. The number of thiazole rings is 1. The van der Waals surface area contributed by atoms with Crippen molar-refractivity contribution in [1.29, 1.82) is 0 Å². The molecule has 0 spiro atoms. The first kappa shape index (κ1) is 18.1. The number of aryl methyl sites for hydroxylation is 2. The molecule has 7 heteroatoms. The number of benzene rings is 1. The second-order valence-corrected chi connectivity index (χ2v) is 7.28. The van der Waals surface area contributed by atoms with E-state index in [2.05, 4.69) is 20.3 Å². The number of aromatic nitrogens is 3. The second-order valence-electron chi connectivity index (χ2n) is 6.28. The zero-order valence-corrected chi connectivity index (χ0v) is 16.5. The normalized spacial score (nSPS) is 10.8. The lowest BCUT2D eigenvalue weighted by Gasteiger charge is -2.08. The summed E-state index contributed by atoms with van der Waals surface area (Å²) in [5, 5.41) is 4.28. The van der Waals surface area contributed by atoms with Crippen LogP contribution in [-0.4, -0.2) is 28.0 Å². The van der Waals surface area contributed by atoms with Crippen LogP contribution in [0, 0.1) is 13.8 Å². The van der Waals surface area contributed by atoms with Crippen molar-refractivity contribution in [3.05, 3.63) is 65.6 Å². The Morgan fingerprint density at radius 2 is 1.93 bits per heavy atom. The Morgan fingerprint density at radius 1 is 1.07 bits per heavy atom. The van der Waals surface area contributed by atoms with Crippen molar-refractivity contribution >= 4 is 33.3 Å². The molecule has 1 aromatic carbocycles. The Bertz CT molecular complexity index is 1170. The van der Waals surface area contributed by atoms with Crippen LogP contribution in [0.3, 0.4) is 0 Å². The summed E-state index contributed by atoms with van der Waals surface area (Å²) >= 11 is 1.41. The molecule has 0 aliphatic rings. The van der Waals surface area contributed by atoms with Gasteiger partial charge in [0.2, 0.25) is 0 Å². The molecule has 0 saturated heterocycles. The number of anilines is 1. The fourth-order valence-corrected chi connectivity index (χ4v) is 3.90. The molecule has 6 nitrogen and oxygen atoms in total. The predicted octanol–water partition coefficient (Wildman–Crippen LogP) is 4.63. The monoisotopic (exact) mass is 390 g/mol.